The second-order valence-electron chi connectivity index (χ2n) is 5.93. The number of likely N-dealkylation sites (N-methyl/N-ethyl adjacent to an activating group) is 1. The predicted octanol–water partition coefficient (Wildman–Crippen LogP) is 3.96. The van der Waals surface area contributed by atoms with E-state index in [1.807, 2.05) is 30.1 Å². The maximum atomic E-state index is 10.8. The molecule has 130 valence electrons. The number of likely N-dealkylation sites (tertiary alicyclic amines) is 1. The summed E-state index contributed by atoms with van der Waals surface area (Å²) in [5.74, 6) is -0.769. The maximum absolute atomic E-state index is 10.8. The van der Waals surface area contributed by atoms with Crippen molar-refractivity contribution < 1.29 is 9.90 Å². The average Bonchev–Trinajstić information content (AvgIpc) is 2.49. The summed E-state index contributed by atoms with van der Waals surface area (Å²) in [6, 6.07) is 6.40. The van der Waals surface area contributed by atoms with Gasteiger partial charge in [-0.15, -0.1) is 12.4 Å². The second-order valence-corrected chi connectivity index (χ2v) is 6.74. The quantitative estimate of drug-likeness (QED) is 0.838. The Bertz CT molecular complexity index is 534. The summed E-state index contributed by atoms with van der Waals surface area (Å²) < 4.78 is 0. The molecule has 0 amide bonds. The van der Waals surface area contributed by atoms with Crippen molar-refractivity contribution in [3.63, 3.8) is 0 Å². The highest BCUT2D eigenvalue weighted by Gasteiger charge is 2.26. The summed E-state index contributed by atoms with van der Waals surface area (Å²) in [6.07, 6.45) is 1.96. The zero-order chi connectivity index (χ0) is 16.3. The lowest BCUT2D eigenvalue weighted by Gasteiger charge is -2.39. The first-order valence-corrected chi connectivity index (χ1v) is 8.25. The van der Waals surface area contributed by atoms with Gasteiger partial charge in [0.15, 0.2) is 0 Å². The molecule has 1 heterocycles. The molecule has 0 aromatic heterocycles. The molecule has 1 unspecified atom stereocenters. The van der Waals surface area contributed by atoms with Crippen LogP contribution >= 0.6 is 35.6 Å². The van der Waals surface area contributed by atoms with E-state index in [0.717, 1.165) is 31.5 Å². The molecule has 0 saturated carbocycles. The summed E-state index contributed by atoms with van der Waals surface area (Å²) in [7, 11) is 1.89. The van der Waals surface area contributed by atoms with Gasteiger partial charge in [-0.3, -0.25) is 14.6 Å². The number of hydrogen-bond acceptors (Lipinski definition) is 3. The Balaban J connectivity index is 0.00000264. The number of aliphatic carboxylic acids is 1. The number of rotatable bonds is 5. The number of piperidine rings is 1. The first-order chi connectivity index (χ1) is 10.4. The highest BCUT2D eigenvalue weighted by Crippen LogP contribution is 2.30. The average molecular weight is 382 g/mol. The lowest BCUT2D eigenvalue weighted by atomic mass is 9.99. The molecule has 1 aliphatic heterocycles. The lowest BCUT2D eigenvalue weighted by molar-refractivity contribution is -0.138. The Morgan fingerprint density at radius 3 is 2.48 bits per heavy atom. The third-order valence-corrected chi connectivity index (χ3v) is 5.22. The van der Waals surface area contributed by atoms with Crippen molar-refractivity contribution in [3.8, 4) is 0 Å². The Kier molecular flexibility index (Phi) is 8.11. The van der Waals surface area contributed by atoms with Crippen LogP contribution in [-0.2, 0) is 4.79 Å². The zero-order valence-electron chi connectivity index (χ0n) is 13.3. The van der Waals surface area contributed by atoms with E-state index in [-0.39, 0.29) is 25.0 Å². The molecule has 0 radical (unpaired) electrons. The largest absolute Gasteiger partial charge is 0.480 e. The van der Waals surface area contributed by atoms with E-state index >= 15 is 0 Å². The van der Waals surface area contributed by atoms with Crippen molar-refractivity contribution in [1.29, 1.82) is 0 Å². The summed E-state index contributed by atoms with van der Waals surface area (Å²) >= 11 is 12.1. The van der Waals surface area contributed by atoms with Crippen LogP contribution in [0.2, 0.25) is 10.0 Å². The van der Waals surface area contributed by atoms with Crippen molar-refractivity contribution in [2.75, 3.05) is 26.7 Å². The Hall–Kier alpha value is -0.520. The first kappa shape index (κ1) is 20.5. The van der Waals surface area contributed by atoms with E-state index in [2.05, 4.69) is 11.8 Å². The van der Waals surface area contributed by atoms with Gasteiger partial charge in [0, 0.05) is 25.2 Å². The summed E-state index contributed by atoms with van der Waals surface area (Å²) in [6.45, 7) is 4.18. The lowest BCUT2D eigenvalue weighted by Crippen LogP contribution is -2.45. The fourth-order valence-corrected chi connectivity index (χ4v) is 3.35. The molecule has 1 saturated heterocycles. The normalized spacial score (nSPS) is 17.8. The van der Waals surface area contributed by atoms with Crippen molar-refractivity contribution in [2.24, 2.45) is 0 Å². The summed E-state index contributed by atoms with van der Waals surface area (Å²) in [5.41, 5.74) is 1.16. The third-order valence-electron chi connectivity index (χ3n) is 4.48. The Morgan fingerprint density at radius 2 is 1.96 bits per heavy atom. The van der Waals surface area contributed by atoms with Gasteiger partial charge in [0.25, 0.3) is 0 Å². The number of carboxylic acids is 1. The maximum Gasteiger partial charge on any atom is 0.317 e. The first-order valence-electron chi connectivity index (χ1n) is 7.49. The fourth-order valence-electron chi connectivity index (χ4n) is 3.04. The predicted molar refractivity (Wildman–Crippen MR) is 97.0 cm³/mol. The molecule has 2 rings (SSSR count). The van der Waals surface area contributed by atoms with Crippen LogP contribution in [-0.4, -0.2) is 53.6 Å². The van der Waals surface area contributed by atoms with E-state index in [1.165, 1.54) is 0 Å². The van der Waals surface area contributed by atoms with Gasteiger partial charge in [0.1, 0.15) is 0 Å². The highest BCUT2D eigenvalue weighted by atomic mass is 35.5. The Morgan fingerprint density at radius 1 is 1.35 bits per heavy atom. The van der Waals surface area contributed by atoms with E-state index in [1.54, 1.807) is 0 Å². The molecule has 1 fully saturated rings. The molecule has 1 aromatic rings. The van der Waals surface area contributed by atoms with Gasteiger partial charge in [-0.25, -0.2) is 0 Å². The number of benzene rings is 1. The molecule has 1 aliphatic rings. The molecule has 4 nitrogen and oxygen atoms in total. The van der Waals surface area contributed by atoms with Crippen LogP contribution in [0.4, 0.5) is 0 Å². The zero-order valence-corrected chi connectivity index (χ0v) is 15.7. The Labute approximate surface area is 153 Å². The van der Waals surface area contributed by atoms with E-state index in [0.29, 0.717) is 16.1 Å². The minimum absolute atomic E-state index is 0. The summed E-state index contributed by atoms with van der Waals surface area (Å²) in [4.78, 5) is 15.1. The van der Waals surface area contributed by atoms with Crippen LogP contribution in [0.3, 0.4) is 0 Å². The standard InChI is InChI=1S/C16H22Cl2N2O2.ClH/c1-11(12-3-4-14(17)15(18)9-12)20-7-5-13(6-8-20)19(2)10-16(21)22;/h3-4,9,11,13H,5-8,10H2,1-2H3,(H,21,22);1H. The molecule has 1 atom stereocenters. The van der Waals surface area contributed by atoms with E-state index in [4.69, 9.17) is 28.3 Å². The minimum Gasteiger partial charge on any atom is -0.480 e. The van der Waals surface area contributed by atoms with Crippen molar-refractivity contribution in [3.05, 3.63) is 33.8 Å². The number of nitrogens with zero attached hydrogens (tertiary/aromatic N) is 2. The molecular formula is C16H23Cl3N2O2. The topological polar surface area (TPSA) is 43.8 Å². The fraction of sp³-hybridized carbons (Fsp3) is 0.562. The molecule has 0 aliphatic carbocycles. The van der Waals surface area contributed by atoms with Crippen LogP contribution in [0, 0.1) is 0 Å². The van der Waals surface area contributed by atoms with Crippen LogP contribution in [0.25, 0.3) is 0 Å². The molecule has 0 spiro atoms. The summed E-state index contributed by atoms with van der Waals surface area (Å²) in [5, 5.41) is 10.0. The monoisotopic (exact) mass is 380 g/mol. The van der Waals surface area contributed by atoms with Crippen LogP contribution in [0.5, 0.6) is 0 Å². The van der Waals surface area contributed by atoms with Crippen LogP contribution < -0.4 is 0 Å². The van der Waals surface area contributed by atoms with Gasteiger partial charge in [-0.05, 0) is 44.5 Å². The van der Waals surface area contributed by atoms with Gasteiger partial charge in [0.2, 0.25) is 0 Å². The number of carbonyl (C=O) groups is 1. The SMILES string of the molecule is CC(c1ccc(Cl)c(Cl)c1)N1CCC(N(C)CC(=O)O)CC1.Cl. The van der Waals surface area contributed by atoms with Crippen LogP contribution in [0.15, 0.2) is 18.2 Å². The van der Waals surface area contributed by atoms with Crippen molar-refractivity contribution in [1.82, 2.24) is 9.80 Å². The van der Waals surface area contributed by atoms with Gasteiger partial charge < -0.3 is 5.11 Å². The van der Waals surface area contributed by atoms with Gasteiger partial charge >= 0.3 is 5.97 Å². The van der Waals surface area contributed by atoms with Crippen LogP contribution in [0.1, 0.15) is 31.4 Å². The molecule has 1 aromatic carbocycles. The number of hydrogen-bond donors (Lipinski definition) is 1. The van der Waals surface area contributed by atoms with E-state index in [9.17, 15) is 4.79 Å². The smallest absolute Gasteiger partial charge is 0.317 e. The van der Waals surface area contributed by atoms with Gasteiger partial charge in [0.05, 0.1) is 16.6 Å². The molecule has 23 heavy (non-hydrogen) atoms. The number of halogens is 3. The minimum atomic E-state index is -0.769. The van der Waals surface area contributed by atoms with Gasteiger partial charge in [-0.2, -0.15) is 0 Å². The third kappa shape index (κ3) is 5.50. The van der Waals surface area contributed by atoms with E-state index < -0.39 is 5.97 Å². The highest BCUT2D eigenvalue weighted by molar-refractivity contribution is 6.42. The molecule has 7 heteroatoms. The van der Waals surface area contributed by atoms with Crippen molar-refractivity contribution >= 4 is 41.6 Å². The molecule has 1 N–H and O–H groups in total. The van der Waals surface area contributed by atoms with Crippen molar-refractivity contribution in [2.45, 2.75) is 31.8 Å². The number of carboxylic acid groups (broad SMARTS) is 1. The second kappa shape index (κ2) is 9.09. The van der Waals surface area contributed by atoms with Gasteiger partial charge in [-0.1, -0.05) is 29.3 Å². The molecular weight excluding hydrogens is 359 g/mol. The molecule has 0 bridgehead atoms.